The molecule has 0 atom stereocenters. The predicted octanol–water partition coefficient (Wildman–Crippen LogP) is 0.958. The van der Waals surface area contributed by atoms with E-state index in [1.165, 1.54) is 18.2 Å². The standard InChI is InChI=1S/C9H9NO5S/c1-7(11)6-16(14,15)9-4-2-3-8(5-9)10(12)13/h2-5H,6H2,1H3. The molecule has 0 aliphatic carbocycles. The van der Waals surface area contributed by atoms with Crippen LogP contribution in [-0.4, -0.2) is 24.9 Å². The Kier molecular flexibility index (Phi) is 3.38. The minimum atomic E-state index is -3.77. The van der Waals surface area contributed by atoms with Crippen LogP contribution in [0.4, 0.5) is 5.69 Å². The Balaban J connectivity index is 3.19. The van der Waals surface area contributed by atoms with Crippen molar-refractivity contribution in [1.29, 1.82) is 0 Å². The summed E-state index contributed by atoms with van der Waals surface area (Å²) in [7, 11) is -3.77. The summed E-state index contributed by atoms with van der Waals surface area (Å²) in [5.41, 5.74) is -0.315. The number of hydrogen-bond donors (Lipinski definition) is 0. The first-order valence-electron chi connectivity index (χ1n) is 4.29. The lowest BCUT2D eigenvalue weighted by Crippen LogP contribution is -2.13. The second-order valence-electron chi connectivity index (χ2n) is 3.22. The highest BCUT2D eigenvalue weighted by Gasteiger charge is 2.19. The number of Topliss-reactive ketones (excluding diaryl/α,β-unsaturated/α-hetero) is 1. The van der Waals surface area contributed by atoms with Crippen molar-refractivity contribution < 1.29 is 18.1 Å². The van der Waals surface area contributed by atoms with Gasteiger partial charge in [-0.1, -0.05) is 6.07 Å². The van der Waals surface area contributed by atoms with Gasteiger partial charge in [0, 0.05) is 12.1 Å². The maximum atomic E-state index is 11.6. The molecule has 6 nitrogen and oxygen atoms in total. The van der Waals surface area contributed by atoms with Gasteiger partial charge in [0.15, 0.2) is 9.84 Å². The average Bonchev–Trinajstić information content (AvgIpc) is 2.16. The molecular weight excluding hydrogens is 234 g/mol. The second-order valence-corrected chi connectivity index (χ2v) is 5.21. The molecular formula is C9H9NO5S. The van der Waals surface area contributed by atoms with Gasteiger partial charge in [-0.3, -0.25) is 14.9 Å². The van der Waals surface area contributed by atoms with Crippen LogP contribution in [-0.2, 0) is 14.6 Å². The number of non-ortho nitro benzene ring substituents is 1. The Morgan fingerprint density at radius 1 is 1.44 bits per heavy atom. The van der Waals surface area contributed by atoms with E-state index < -0.39 is 26.3 Å². The lowest BCUT2D eigenvalue weighted by Gasteiger charge is -2.01. The molecule has 0 aliphatic heterocycles. The topological polar surface area (TPSA) is 94.3 Å². The molecule has 86 valence electrons. The summed E-state index contributed by atoms with van der Waals surface area (Å²) in [6.45, 7) is 1.15. The fraction of sp³-hybridized carbons (Fsp3) is 0.222. The Morgan fingerprint density at radius 2 is 2.06 bits per heavy atom. The molecule has 0 N–H and O–H groups in total. The third-order valence-electron chi connectivity index (χ3n) is 1.78. The lowest BCUT2D eigenvalue weighted by atomic mass is 10.3. The SMILES string of the molecule is CC(=O)CS(=O)(=O)c1cccc([N+](=O)[O-])c1. The Bertz CT molecular complexity index is 535. The van der Waals surface area contributed by atoms with E-state index in [2.05, 4.69) is 0 Å². The zero-order chi connectivity index (χ0) is 12.3. The maximum absolute atomic E-state index is 11.6. The van der Waals surface area contributed by atoms with Crippen molar-refractivity contribution in [3.63, 3.8) is 0 Å². The maximum Gasteiger partial charge on any atom is 0.270 e. The first-order valence-corrected chi connectivity index (χ1v) is 5.95. The fourth-order valence-corrected chi connectivity index (χ4v) is 2.43. The zero-order valence-corrected chi connectivity index (χ0v) is 9.23. The Hall–Kier alpha value is -1.76. The number of hydrogen-bond acceptors (Lipinski definition) is 5. The summed E-state index contributed by atoms with van der Waals surface area (Å²) < 4.78 is 23.1. The van der Waals surface area contributed by atoms with Crippen LogP contribution in [0.3, 0.4) is 0 Å². The highest BCUT2D eigenvalue weighted by molar-refractivity contribution is 7.92. The normalized spacial score (nSPS) is 11.1. The molecule has 16 heavy (non-hydrogen) atoms. The molecule has 1 rings (SSSR count). The van der Waals surface area contributed by atoms with Gasteiger partial charge in [0.25, 0.3) is 5.69 Å². The quantitative estimate of drug-likeness (QED) is 0.579. The smallest absolute Gasteiger partial charge is 0.270 e. The van der Waals surface area contributed by atoms with Crippen molar-refractivity contribution in [3.05, 3.63) is 34.4 Å². The fourth-order valence-electron chi connectivity index (χ4n) is 1.14. The van der Waals surface area contributed by atoms with Crippen LogP contribution >= 0.6 is 0 Å². The van der Waals surface area contributed by atoms with E-state index in [0.29, 0.717) is 0 Å². The van der Waals surface area contributed by atoms with Crippen LogP contribution < -0.4 is 0 Å². The summed E-state index contributed by atoms with van der Waals surface area (Å²) in [5, 5.41) is 10.4. The van der Waals surface area contributed by atoms with Gasteiger partial charge in [-0.2, -0.15) is 0 Å². The summed E-state index contributed by atoms with van der Waals surface area (Å²) >= 11 is 0. The van der Waals surface area contributed by atoms with Crippen molar-refractivity contribution in [2.45, 2.75) is 11.8 Å². The predicted molar refractivity (Wildman–Crippen MR) is 55.8 cm³/mol. The van der Waals surface area contributed by atoms with Crippen LogP contribution in [0.5, 0.6) is 0 Å². The molecule has 7 heteroatoms. The Labute approximate surface area is 92.0 Å². The first-order chi connectivity index (χ1) is 7.33. The molecule has 0 bridgehead atoms. The average molecular weight is 243 g/mol. The summed E-state index contributed by atoms with van der Waals surface area (Å²) in [6, 6.07) is 4.63. The molecule has 1 aromatic carbocycles. The van der Waals surface area contributed by atoms with E-state index in [0.717, 1.165) is 13.0 Å². The van der Waals surface area contributed by atoms with Crippen LogP contribution in [0.1, 0.15) is 6.92 Å². The van der Waals surface area contributed by atoms with Crippen LogP contribution in [0.25, 0.3) is 0 Å². The molecule has 0 aromatic heterocycles. The number of carbonyl (C=O) groups is 1. The first kappa shape index (κ1) is 12.3. The third kappa shape index (κ3) is 2.86. The minimum absolute atomic E-state index is 0.211. The number of carbonyl (C=O) groups excluding carboxylic acids is 1. The van der Waals surface area contributed by atoms with Crippen molar-refractivity contribution in [2.75, 3.05) is 5.75 Å². The lowest BCUT2D eigenvalue weighted by molar-refractivity contribution is -0.385. The molecule has 1 aromatic rings. The van der Waals surface area contributed by atoms with Gasteiger partial charge in [0.2, 0.25) is 0 Å². The van der Waals surface area contributed by atoms with Gasteiger partial charge in [-0.05, 0) is 13.0 Å². The molecule has 0 radical (unpaired) electrons. The minimum Gasteiger partial charge on any atom is -0.299 e. The molecule has 0 heterocycles. The molecule has 0 unspecified atom stereocenters. The van der Waals surface area contributed by atoms with Crippen LogP contribution in [0.15, 0.2) is 29.2 Å². The van der Waals surface area contributed by atoms with Crippen LogP contribution in [0.2, 0.25) is 0 Å². The number of rotatable bonds is 4. The monoisotopic (exact) mass is 243 g/mol. The van der Waals surface area contributed by atoms with E-state index in [9.17, 15) is 23.3 Å². The number of nitro benzene ring substituents is 1. The number of sulfone groups is 1. The van der Waals surface area contributed by atoms with Crippen molar-refractivity contribution in [1.82, 2.24) is 0 Å². The second kappa shape index (κ2) is 4.40. The summed E-state index contributed by atoms with van der Waals surface area (Å²) in [6.07, 6.45) is 0. The highest BCUT2D eigenvalue weighted by atomic mass is 32.2. The molecule has 0 fully saturated rings. The number of nitro groups is 1. The van der Waals surface area contributed by atoms with E-state index in [4.69, 9.17) is 0 Å². The van der Waals surface area contributed by atoms with Crippen molar-refractivity contribution in [2.24, 2.45) is 0 Å². The molecule has 0 aliphatic rings. The van der Waals surface area contributed by atoms with Gasteiger partial charge >= 0.3 is 0 Å². The van der Waals surface area contributed by atoms with Gasteiger partial charge in [-0.15, -0.1) is 0 Å². The Morgan fingerprint density at radius 3 is 2.56 bits per heavy atom. The van der Waals surface area contributed by atoms with Gasteiger partial charge in [0.1, 0.15) is 11.5 Å². The molecule has 0 spiro atoms. The van der Waals surface area contributed by atoms with E-state index in [-0.39, 0.29) is 10.6 Å². The van der Waals surface area contributed by atoms with Gasteiger partial charge < -0.3 is 0 Å². The number of benzene rings is 1. The van der Waals surface area contributed by atoms with Crippen LogP contribution in [0, 0.1) is 10.1 Å². The molecule has 0 amide bonds. The van der Waals surface area contributed by atoms with E-state index in [1.54, 1.807) is 0 Å². The highest BCUT2D eigenvalue weighted by Crippen LogP contribution is 2.18. The summed E-state index contributed by atoms with van der Waals surface area (Å²) in [4.78, 5) is 20.3. The summed E-state index contributed by atoms with van der Waals surface area (Å²) in [5.74, 6) is -1.15. The largest absolute Gasteiger partial charge is 0.299 e. The van der Waals surface area contributed by atoms with E-state index in [1.807, 2.05) is 0 Å². The third-order valence-corrected chi connectivity index (χ3v) is 3.54. The molecule has 0 saturated carbocycles. The van der Waals surface area contributed by atoms with Gasteiger partial charge in [-0.25, -0.2) is 8.42 Å². The van der Waals surface area contributed by atoms with Gasteiger partial charge in [0.05, 0.1) is 9.82 Å². The van der Waals surface area contributed by atoms with Crippen molar-refractivity contribution in [3.8, 4) is 0 Å². The van der Waals surface area contributed by atoms with E-state index >= 15 is 0 Å². The number of ketones is 1. The number of nitrogens with zero attached hydrogens (tertiary/aromatic N) is 1. The molecule has 0 saturated heterocycles. The van der Waals surface area contributed by atoms with Crippen molar-refractivity contribution >= 4 is 21.3 Å². The zero-order valence-electron chi connectivity index (χ0n) is 8.41.